The number of ether oxygens (including phenoxy) is 1. The molecule has 0 unspecified atom stereocenters. The molecule has 3 rings (SSSR count). The number of hydrogen-bond donors (Lipinski definition) is 0. The SMILES string of the molecule is CCCCCCCCOc1cccc(-n2nc3ccccc3n2)c1. The minimum atomic E-state index is 0.768. The van der Waals surface area contributed by atoms with E-state index in [1.807, 2.05) is 48.5 Å². The van der Waals surface area contributed by atoms with Crippen LogP contribution in [0.4, 0.5) is 0 Å². The Bertz CT molecular complexity index is 733. The summed E-state index contributed by atoms with van der Waals surface area (Å²) in [6, 6.07) is 15.9. The number of aromatic nitrogens is 3. The van der Waals surface area contributed by atoms with Gasteiger partial charge in [0.05, 0.1) is 12.3 Å². The molecule has 0 aliphatic rings. The number of nitrogens with zero attached hydrogens (tertiary/aromatic N) is 3. The summed E-state index contributed by atoms with van der Waals surface area (Å²) in [5.41, 5.74) is 2.72. The van der Waals surface area contributed by atoms with Crippen molar-refractivity contribution in [3.8, 4) is 11.4 Å². The zero-order valence-corrected chi connectivity index (χ0v) is 14.3. The largest absolute Gasteiger partial charge is 0.494 e. The van der Waals surface area contributed by atoms with E-state index in [-0.39, 0.29) is 0 Å². The smallest absolute Gasteiger partial charge is 0.121 e. The van der Waals surface area contributed by atoms with Crippen molar-refractivity contribution in [1.29, 1.82) is 0 Å². The van der Waals surface area contributed by atoms with Crippen molar-refractivity contribution < 1.29 is 4.74 Å². The van der Waals surface area contributed by atoms with Crippen molar-refractivity contribution in [1.82, 2.24) is 15.0 Å². The highest BCUT2D eigenvalue weighted by Gasteiger charge is 2.05. The first-order valence-corrected chi connectivity index (χ1v) is 8.92. The van der Waals surface area contributed by atoms with Gasteiger partial charge in [-0.1, -0.05) is 57.2 Å². The maximum Gasteiger partial charge on any atom is 0.121 e. The first kappa shape index (κ1) is 16.5. The highest BCUT2D eigenvalue weighted by molar-refractivity contribution is 5.73. The monoisotopic (exact) mass is 323 g/mol. The van der Waals surface area contributed by atoms with E-state index in [1.54, 1.807) is 4.80 Å². The van der Waals surface area contributed by atoms with Crippen LogP contribution in [0.5, 0.6) is 5.75 Å². The Morgan fingerprint density at radius 2 is 1.54 bits per heavy atom. The zero-order chi connectivity index (χ0) is 16.6. The Kier molecular flexibility index (Phi) is 5.83. The van der Waals surface area contributed by atoms with Crippen LogP contribution in [0.2, 0.25) is 0 Å². The molecular formula is C20H25N3O. The van der Waals surface area contributed by atoms with Crippen molar-refractivity contribution >= 4 is 11.0 Å². The Balaban J connectivity index is 1.56. The molecular weight excluding hydrogens is 298 g/mol. The minimum absolute atomic E-state index is 0.768. The Labute approximate surface area is 143 Å². The third-order valence-electron chi connectivity index (χ3n) is 4.10. The predicted molar refractivity (Wildman–Crippen MR) is 97.7 cm³/mol. The molecule has 0 aliphatic carbocycles. The van der Waals surface area contributed by atoms with Crippen molar-refractivity contribution in [2.75, 3.05) is 6.61 Å². The van der Waals surface area contributed by atoms with Crippen LogP contribution in [-0.4, -0.2) is 21.6 Å². The van der Waals surface area contributed by atoms with Gasteiger partial charge in [-0.2, -0.15) is 4.80 Å². The van der Waals surface area contributed by atoms with Gasteiger partial charge in [0.25, 0.3) is 0 Å². The molecule has 1 heterocycles. The van der Waals surface area contributed by atoms with Crippen molar-refractivity contribution in [2.24, 2.45) is 0 Å². The van der Waals surface area contributed by atoms with E-state index in [0.717, 1.165) is 35.5 Å². The lowest BCUT2D eigenvalue weighted by Gasteiger charge is -2.07. The van der Waals surface area contributed by atoms with Gasteiger partial charge in [0.1, 0.15) is 16.8 Å². The molecule has 0 saturated heterocycles. The van der Waals surface area contributed by atoms with E-state index in [0.29, 0.717) is 0 Å². The van der Waals surface area contributed by atoms with Gasteiger partial charge >= 0.3 is 0 Å². The van der Waals surface area contributed by atoms with Crippen molar-refractivity contribution in [2.45, 2.75) is 45.4 Å². The summed E-state index contributed by atoms with van der Waals surface area (Å²) in [5, 5.41) is 9.02. The normalized spacial score (nSPS) is 11.0. The van der Waals surface area contributed by atoms with Gasteiger partial charge in [-0.15, -0.1) is 10.2 Å². The molecule has 1 aromatic heterocycles. The Morgan fingerprint density at radius 1 is 0.833 bits per heavy atom. The topological polar surface area (TPSA) is 39.9 Å². The molecule has 0 spiro atoms. The molecule has 3 aromatic rings. The van der Waals surface area contributed by atoms with Gasteiger partial charge in [0.2, 0.25) is 0 Å². The predicted octanol–water partition coefficient (Wildman–Crippen LogP) is 5.16. The van der Waals surface area contributed by atoms with Crippen molar-refractivity contribution in [3.63, 3.8) is 0 Å². The van der Waals surface area contributed by atoms with E-state index in [1.165, 1.54) is 32.1 Å². The highest BCUT2D eigenvalue weighted by Crippen LogP contribution is 2.18. The van der Waals surface area contributed by atoms with Crippen LogP contribution in [0, 0.1) is 0 Å². The van der Waals surface area contributed by atoms with E-state index < -0.39 is 0 Å². The van der Waals surface area contributed by atoms with Gasteiger partial charge in [-0.05, 0) is 30.7 Å². The van der Waals surface area contributed by atoms with Crippen LogP contribution in [0.15, 0.2) is 48.5 Å². The molecule has 2 aromatic carbocycles. The average Bonchev–Trinajstić information content (AvgIpc) is 3.05. The molecule has 0 N–H and O–H groups in total. The quantitative estimate of drug-likeness (QED) is 0.511. The fourth-order valence-corrected chi connectivity index (χ4v) is 2.75. The summed E-state index contributed by atoms with van der Waals surface area (Å²) in [6.07, 6.45) is 7.63. The first-order chi connectivity index (χ1) is 11.9. The van der Waals surface area contributed by atoms with Crippen molar-refractivity contribution in [3.05, 3.63) is 48.5 Å². The van der Waals surface area contributed by atoms with Gasteiger partial charge in [0.15, 0.2) is 0 Å². The van der Waals surface area contributed by atoms with Crippen LogP contribution < -0.4 is 4.74 Å². The number of rotatable bonds is 9. The van der Waals surface area contributed by atoms with Crippen LogP contribution in [0.3, 0.4) is 0 Å². The van der Waals surface area contributed by atoms with Gasteiger partial charge in [-0.3, -0.25) is 0 Å². The fourth-order valence-electron chi connectivity index (χ4n) is 2.75. The molecule has 0 saturated carbocycles. The molecule has 126 valence electrons. The van der Waals surface area contributed by atoms with Crippen LogP contribution >= 0.6 is 0 Å². The maximum absolute atomic E-state index is 5.88. The average molecular weight is 323 g/mol. The molecule has 4 nitrogen and oxygen atoms in total. The van der Waals surface area contributed by atoms with Crippen LogP contribution in [0.25, 0.3) is 16.7 Å². The second-order valence-corrected chi connectivity index (χ2v) is 6.09. The highest BCUT2D eigenvalue weighted by atomic mass is 16.5. The molecule has 0 fully saturated rings. The zero-order valence-electron chi connectivity index (χ0n) is 14.3. The van der Waals surface area contributed by atoms with Crippen LogP contribution in [-0.2, 0) is 0 Å². The molecule has 0 atom stereocenters. The maximum atomic E-state index is 5.88. The molecule has 4 heteroatoms. The lowest BCUT2D eigenvalue weighted by Crippen LogP contribution is -2.01. The van der Waals surface area contributed by atoms with E-state index in [4.69, 9.17) is 4.74 Å². The summed E-state index contributed by atoms with van der Waals surface area (Å²) >= 11 is 0. The molecule has 0 amide bonds. The second kappa shape index (κ2) is 8.48. The summed E-state index contributed by atoms with van der Waals surface area (Å²) in [4.78, 5) is 1.67. The fraction of sp³-hybridized carbons (Fsp3) is 0.400. The van der Waals surface area contributed by atoms with Crippen LogP contribution in [0.1, 0.15) is 45.4 Å². The minimum Gasteiger partial charge on any atom is -0.494 e. The standard InChI is InChI=1S/C20H25N3O/c1-2-3-4-5-6-9-15-24-18-12-10-11-17(16-18)23-21-19-13-7-8-14-20(19)22-23/h7-8,10-14,16H,2-6,9,15H2,1H3. The number of fused-ring (bicyclic) bond motifs is 1. The lowest BCUT2D eigenvalue weighted by atomic mass is 10.1. The Morgan fingerprint density at radius 3 is 2.29 bits per heavy atom. The van der Waals surface area contributed by atoms with Gasteiger partial charge < -0.3 is 4.74 Å². The molecule has 0 bridgehead atoms. The van der Waals surface area contributed by atoms with E-state index in [2.05, 4.69) is 17.1 Å². The molecule has 24 heavy (non-hydrogen) atoms. The summed E-state index contributed by atoms with van der Waals surface area (Å²) in [5.74, 6) is 0.877. The Hall–Kier alpha value is -2.36. The summed E-state index contributed by atoms with van der Waals surface area (Å²) in [7, 11) is 0. The summed E-state index contributed by atoms with van der Waals surface area (Å²) in [6.45, 7) is 3.01. The van der Waals surface area contributed by atoms with E-state index >= 15 is 0 Å². The van der Waals surface area contributed by atoms with Gasteiger partial charge in [0, 0.05) is 6.07 Å². The number of hydrogen-bond acceptors (Lipinski definition) is 3. The first-order valence-electron chi connectivity index (χ1n) is 8.92. The number of benzene rings is 2. The number of unbranched alkanes of at least 4 members (excludes halogenated alkanes) is 5. The third kappa shape index (κ3) is 4.34. The lowest BCUT2D eigenvalue weighted by molar-refractivity contribution is 0.304. The second-order valence-electron chi connectivity index (χ2n) is 6.09. The van der Waals surface area contributed by atoms with Gasteiger partial charge in [-0.25, -0.2) is 0 Å². The third-order valence-corrected chi connectivity index (χ3v) is 4.10. The molecule has 0 aliphatic heterocycles. The molecule has 0 radical (unpaired) electrons. The van der Waals surface area contributed by atoms with E-state index in [9.17, 15) is 0 Å². The summed E-state index contributed by atoms with van der Waals surface area (Å²) < 4.78 is 5.88.